The second-order valence-electron chi connectivity index (χ2n) is 5.06. The molecule has 0 atom stereocenters. The van der Waals surface area contributed by atoms with E-state index in [-0.39, 0.29) is 5.91 Å². The summed E-state index contributed by atoms with van der Waals surface area (Å²) in [7, 11) is 0. The molecule has 0 bridgehead atoms. The third kappa shape index (κ3) is 4.63. The molecule has 3 nitrogen and oxygen atoms in total. The summed E-state index contributed by atoms with van der Waals surface area (Å²) >= 11 is 0. The lowest BCUT2D eigenvalue weighted by molar-refractivity contribution is -0.115. The summed E-state index contributed by atoms with van der Waals surface area (Å²) in [6, 6.07) is 15.5. The van der Waals surface area contributed by atoms with Crippen LogP contribution in [0.3, 0.4) is 0 Å². The highest BCUT2D eigenvalue weighted by Crippen LogP contribution is 2.24. The van der Waals surface area contributed by atoms with Crippen LogP contribution in [0.25, 0.3) is 0 Å². The Morgan fingerprint density at radius 3 is 2.52 bits per heavy atom. The number of carbonyl (C=O) groups excluding carboxylic acids is 1. The SMILES string of the molecule is CCCOc1ccccc1NC(=O)Cc1ccc(C)cc1. The first-order valence-corrected chi connectivity index (χ1v) is 7.26. The summed E-state index contributed by atoms with van der Waals surface area (Å²) in [4.78, 5) is 12.1. The lowest BCUT2D eigenvalue weighted by Gasteiger charge is -2.12. The van der Waals surface area contributed by atoms with Crippen LogP contribution in [0.15, 0.2) is 48.5 Å². The van der Waals surface area contributed by atoms with Gasteiger partial charge < -0.3 is 10.1 Å². The van der Waals surface area contributed by atoms with Gasteiger partial charge in [0.25, 0.3) is 0 Å². The first-order valence-electron chi connectivity index (χ1n) is 7.26. The number of nitrogens with one attached hydrogen (secondary N) is 1. The molecular weight excluding hydrogens is 262 g/mol. The molecule has 0 saturated heterocycles. The molecule has 1 amide bonds. The maximum absolute atomic E-state index is 12.1. The number of hydrogen-bond acceptors (Lipinski definition) is 2. The molecule has 0 aliphatic carbocycles. The lowest BCUT2D eigenvalue weighted by Crippen LogP contribution is -2.15. The van der Waals surface area contributed by atoms with Crippen molar-refractivity contribution < 1.29 is 9.53 Å². The van der Waals surface area contributed by atoms with E-state index < -0.39 is 0 Å². The van der Waals surface area contributed by atoms with E-state index in [1.165, 1.54) is 5.56 Å². The van der Waals surface area contributed by atoms with E-state index in [0.717, 1.165) is 23.4 Å². The van der Waals surface area contributed by atoms with Crippen molar-refractivity contribution in [3.63, 3.8) is 0 Å². The largest absolute Gasteiger partial charge is 0.491 e. The average molecular weight is 283 g/mol. The van der Waals surface area contributed by atoms with E-state index in [9.17, 15) is 4.79 Å². The predicted octanol–water partition coefficient (Wildman–Crippen LogP) is 3.97. The molecule has 21 heavy (non-hydrogen) atoms. The molecule has 0 radical (unpaired) electrons. The number of amides is 1. The Bertz CT molecular complexity index is 590. The molecule has 0 aliphatic rings. The highest BCUT2D eigenvalue weighted by molar-refractivity contribution is 5.93. The number of ether oxygens (including phenoxy) is 1. The van der Waals surface area contributed by atoms with Crippen LogP contribution in [-0.2, 0) is 11.2 Å². The highest BCUT2D eigenvalue weighted by atomic mass is 16.5. The van der Waals surface area contributed by atoms with Gasteiger partial charge in [0.15, 0.2) is 0 Å². The van der Waals surface area contributed by atoms with Gasteiger partial charge in [-0.15, -0.1) is 0 Å². The van der Waals surface area contributed by atoms with Gasteiger partial charge in [-0.25, -0.2) is 0 Å². The van der Waals surface area contributed by atoms with Crippen LogP contribution in [0.5, 0.6) is 5.75 Å². The quantitative estimate of drug-likeness (QED) is 0.871. The van der Waals surface area contributed by atoms with Gasteiger partial charge in [-0.1, -0.05) is 48.9 Å². The van der Waals surface area contributed by atoms with E-state index in [2.05, 4.69) is 12.2 Å². The van der Waals surface area contributed by atoms with E-state index in [1.807, 2.05) is 55.5 Å². The average Bonchev–Trinajstić information content (AvgIpc) is 2.49. The van der Waals surface area contributed by atoms with Gasteiger partial charge >= 0.3 is 0 Å². The van der Waals surface area contributed by atoms with Crippen LogP contribution < -0.4 is 10.1 Å². The van der Waals surface area contributed by atoms with Gasteiger partial charge in [0.05, 0.1) is 18.7 Å². The molecular formula is C18H21NO2. The van der Waals surface area contributed by atoms with Crippen LogP contribution >= 0.6 is 0 Å². The molecule has 0 saturated carbocycles. The van der Waals surface area contributed by atoms with Crippen LogP contribution in [0.4, 0.5) is 5.69 Å². The molecule has 0 fully saturated rings. The minimum Gasteiger partial charge on any atom is -0.491 e. The summed E-state index contributed by atoms with van der Waals surface area (Å²) in [5, 5.41) is 2.92. The minimum absolute atomic E-state index is 0.0357. The number of hydrogen-bond donors (Lipinski definition) is 1. The molecule has 0 unspecified atom stereocenters. The summed E-state index contributed by atoms with van der Waals surface area (Å²) in [5.74, 6) is 0.683. The molecule has 110 valence electrons. The molecule has 1 N–H and O–H groups in total. The third-order valence-corrected chi connectivity index (χ3v) is 3.11. The number of rotatable bonds is 6. The normalized spacial score (nSPS) is 10.2. The van der Waals surface area contributed by atoms with Crippen molar-refractivity contribution >= 4 is 11.6 Å². The second kappa shape index (κ2) is 7.48. The topological polar surface area (TPSA) is 38.3 Å². The molecule has 2 aromatic carbocycles. The smallest absolute Gasteiger partial charge is 0.228 e. The third-order valence-electron chi connectivity index (χ3n) is 3.11. The highest BCUT2D eigenvalue weighted by Gasteiger charge is 2.08. The lowest BCUT2D eigenvalue weighted by atomic mass is 10.1. The number of benzene rings is 2. The summed E-state index contributed by atoms with van der Waals surface area (Å²) in [6.45, 7) is 4.73. The van der Waals surface area contributed by atoms with Gasteiger partial charge in [-0.05, 0) is 31.0 Å². The maximum Gasteiger partial charge on any atom is 0.228 e. The van der Waals surface area contributed by atoms with Gasteiger partial charge in [0.2, 0.25) is 5.91 Å². The molecule has 2 rings (SSSR count). The van der Waals surface area contributed by atoms with Crippen LogP contribution in [0.1, 0.15) is 24.5 Å². The van der Waals surface area contributed by atoms with Crippen molar-refractivity contribution in [1.29, 1.82) is 0 Å². The van der Waals surface area contributed by atoms with E-state index in [1.54, 1.807) is 0 Å². The first-order chi connectivity index (χ1) is 10.2. The zero-order valence-electron chi connectivity index (χ0n) is 12.6. The second-order valence-corrected chi connectivity index (χ2v) is 5.06. The Labute approximate surface area is 126 Å². The van der Waals surface area contributed by atoms with Crippen molar-refractivity contribution in [2.75, 3.05) is 11.9 Å². The predicted molar refractivity (Wildman–Crippen MR) is 85.7 cm³/mol. The molecule has 2 aromatic rings. The zero-order valence-corrected chi connectivity index (χ0v) is 12.6. The number of anilines is 1. The van der Waals surface area contributed by atoms with Crippen molar-refractivity contribution in [2.45, 2.75) is 26.7 Å². The zero-order chi connectivity index (χ0) is 15.1. The van der Waals surface area contributed by atoms with Gasteiger partial charge in [-0.2, -0.15) is 0 Å². The fourth-order valence-corrected chi connectivity index (χ4v) is 1.99. The minimum atomic E-state index is -0.0357. The van der Waals surface area contributed by atoms with Crippen molar-refractivity contribution in [3.05, 3.63) is 59.7 Å². The molecule has 3 heteroatoms. The Morgan fingerprint density at radius 2 is 1.81 bits per heavy atom. The first kappa shape index (κ1) is 15.1. The Morgan fingerprint density at radius 1 is 1.10 bits per heavy atom. The monoisotopic (exact) mass is 283 g/mol. The Hall–Kier alpha value is -2.29. The van der Waals surface area contributed by atoms with Gasteiger partial charge in [0, 0.05) is 0 Å². The van der Waals surface area contributed by atoms with Crippen molar-refractivity contribution in [1.82, 2.24) is 0 Å². The van der Waals surface area contributed by atoms with Crippen LogP contribution in [0, 0.1) is 6.92 Å². The van der Waals surface area contributed by atoms with Crippen molar-refractivity contribution in [2.24, 2.45) is 0 Å². The number of carbonyl (C=O) groups is 1. The summed E-state index contributed by atoms with van der Waals surface area (Å²) < 4.78 is 5.64. The summed E-state index contributed by atoms with van der Waals surface area (Å²) in [5.41, 5.74) is 2.92. The number of para-hydroxylation sites is 2. The molecule has 0 aromatic heterocycles. The van der Waals surface area contributed by atoms with Crippen LogP contribution in [0.2, 0.25) is 0 Å². The summed E-state index contributed by atoms with van der Waals surface area (Å²) in [6.07, 6.45) is 1.30. The fraction of sp³-hybridized carbons (Fsp3) is 0.278. The Kier molecular flexibility index (Phi) is 5.38. The fourth-order valence-electron chi connectivity index (χ4n) is 1.99. The van der Waals surface area contributed by atoms with Crippen LogP contribution in [-0.4, -0.2) is 12.5 Å². The molecule has 0 heterocycles. The molecule has 0 spiro atoms. The van der Waals surface area contributed by atoms with Crippen molar-refractivity contribution in [3.8, 4) is 5.75 Å². The van der Waals surface area contributed by atoms with Gasteiger partial charge in [-0.3, -0.25) is 4.79 Å². The standard InChI is InChI=1S/C18H21NO2/c1-3-12-21-17-7-5-4-6-16(17)19-18(20)13-15-10-8-14(2)9-11-15/h4-11H,3,12-13H2,1-2H3,(H,19,20). The van der Waals surface area contributed by atoms with Gasteiger partial charge in [0.1, 0.15) is 5.75 Å². The van der Waals surface area contributed by atoms with E-state index >= 15 is 0 Å². The molecule has 0 aliphatic heterocycles. The van der Waals surface area contributed by atoms with E-state index in [4.69, 9.17) is 4.74 Å². The number of aryl methyl sites for hydroxylation is 1. The van der Waals surface area contributed by atoms with E-state index in [0.29, 0.717) is 13.0 Å². The Balaban J connectivity index is 2.00. The maximum atomic E-state index is 12.1.